The van der Waals surface area contributed by atoms with Crippen molar-refractivity contribution in [3.05, 3.63) is 40.2 Å². The van der Waals surface area contributed by atoms with Gasteiger partial charge in [-0.3, -0.25) is 9.59 Å². The standard InChI is InChI=1S/C15H17N3O2/c1-2-18-8-10(15(20)17-9-6-7-9)14(19)13-11(16)4-3-5-12(13)18/h3-5,8-9H,2,6-7,16H2,1H3,(H,17,20). The summed E-state index contributed by atoms with van der Waals surface area (Å²) in [6, 6.07) is 5.57. The zero-order chi connectivity index (χ0) is 14.3. The lowest BCUT2D eigenvalue weighted by atomic mass is 10.1. The van der Waals surface area contributed by atoms with Crippen molar-refractivity contribution in [3.8, 4) is 0 Å². The number of nitrogens with two attached hydrogens (primary N) is 1. The number of hydrogen-bond donors (Lipinski definition) is 2. The Kier molecular flexibility index (Phi) is 2.97. The van der Waals surface area contributed by atoms with Gasteiger partial charge in [0.25, 0.3) is 5.91 Å². The molecular formula is C15H17N3O2. The van der Waals surface area contributed by atoms with E-state index in [0.717, 1.165) is 18.4 Å². The van der Waals surface area contributed by atoms with Gasteiger partial charge in [-0.2, -0.15) is 0 Å². The molecule has 20 heavy (non-hydrogen) atoms. The smallest absolute Gasteiger partial charge is 0.256 e. The van der Waals surface area contributed by atoms with Gasteiger partial charge in [-0.15, -0.1) is 0 Å². The summed E-state index contributed by atoms with van der Waals surface area (Å²) in [6.45, 7) is 2.64. The summed E-state index contributed by atoms with van der Waals surface area (Å²) >= 11 is 0. The monoisotopic (exact) mass is 271 g/mol. The van der Waals surface area contributed by atoms with Gasteiger partial charge in [-0.05, 0) is 31.9 Å². The minimum absolute atomic E-state index is 0.171. The van der Waals surface area contributed by atoms with Crippen LogP contribution in [0.1, 0.15) is 30.1 Å². The van der Waals surface area contributed by atoms with Crippen LogP contribution in [0.3, 0.4) is 0 Å². The number of benzene rings is 1. The Morgan fingerprint density at radius 2 is 2.20 bits per heavy atom. The molecule has 104 valence electrons. The largest absolute Gasteiger partial charge is 0.398 e. The van der Waals surface area contributed by atoms with Crippen molar-refractivity contribution in [2.24, 2.45) is 0 Å². The second-order valence-corrected chi connectivity index (χ2v) is 5.15. The van der Waals surface area contributed by atoms with E-state index in [9.17, 15) is 9.59 Å². The number of carbonyl (C=O) groups excluding carboxylic acids is 1. The number of fused-ring (bicyclic) bond motifs is 1. The van der Waals surface area contributed by atoms with Crippen LogP contribution in [0.25, 0.3) is 10.9 Å². The molecule has 1 aromatic carbocycles. The molecule has 1 aromatic heterocycles. The topological polar surface area (TPSA) is 77.1 Å². The Morgan fingerprint density at radius 1 is 1.45 bits per heavy atom. The number of hydrogen-bond acceptors (Lipinski definition) is 3. The van der Waals surface area contributed by atoms with Gasteiger partial charge in [0.15, 0.2) is 0 Å². The molecule has 1 amide bonds. The van der Waals surface area contributed by atoms with E-state index < -0.39 is 0 Å². The third kappa shape index (κ3) is 2.05. The summed E-state index contributed by atoms with van der Waals surface area (Å²) in [5.41, 5.74) is 6.98. The van der Waals surface area contributed by atoms with Crippen LogP contribution < -0.4 is 16.5 Å². The maximum absolute atomic E-state index is 12.5. The fourth-order valence-corrected chi connectivity index (χ4v) is 2.38. The van der Waals surface area contributed by atoms with E-state index in [4.69, 9.17) is 5.73 Å². The molecule has 1 heterocycles. The molecule has 1 fully saturated rings. The van der Waals surface area contributed by atoms with Crippen molar-refractivity contribution in [2.45, 2.75) is 32.4 Å². The Morgan fingerprint density at radius 3 is 2.85 bits per heavy atom. The molecule has 1 saturated carbocycles. The summed E-state index contributed by atoms with van der Waals surface area (Å²) in [5.74, 6) is -0.301. The Bertz CT molecular complexity index is 745. The number of aryl methyl sites for hydroxylation is 1. The Balaban J connectivity index is 2.22. The second kappa shape index (κ2) is 4.67. The minimum Gasteiger partial charge on any atom is -0.398 e. The van der Waals surface area contributed by atoms with Gasteiger partial charge in [-0.1, -0.05) is 6.07 Å². The van der Waals surface area contributed by atoms with Crippen molar-refractivity contribution >= 4 is 22.5 Å². The van der Waals surface area contributed by atoms with E-state index in [2.05, 4.69) is 5.32 Å². The normalized spacial score (nSPS) is 14.4. The Labute approximate surface area is 116 Å². The second-order valence-electron chi connectivity index (χ2n) is 5.15. The van der Waals surface area contributed by atoms with Crippen molar-refractivity contribution < 1.29 is 4.79 Å². The predicted octanol–water partition coefficient (Wildman–Crippen LogP) is 1.50. The van der Waals surface area contributed by atoms with E-state index in [1.165, 1.54) is 0 Å². The van der Waals surface area contributed by atoms with Crippen LogP contribution in [0.15, 0.2) is 29.2 Å². The minimum atomic E-state index is -0.301. The van der Waals surface area contributed by atoms with Crippen LogP contribution in [-0.4, -0.2) is 16.5 Å². The van der Waals surface area contributed by atoms with Gasteiger partial charge in [0.2, 0.25) is 5.43 Å². The third-order valence-corrected chi connectivity index (χ3v) is 3.64. The average Bonchev–Trinajstić information content (AvgIpc) is 3.23. The molecule has 5 heteroatoms. The summed E-state index contributed by atoms with van der Waals surface area (Å²) in [4.78, 5) is 24.7. The molecule has 0 atom stereocenters. The number of aromatic nitrogens is 1. The van der Waals surface area contributed by atoms with Crippen LogP contribution in [-0.2, 0) is 6.54 Å². The number of nitrogens with one attached hydrogen (secondary N) is 1. The average molecular weight is 271 g/mol. The van der Waals surface area contributed by atoms with Crippen LogP contribution >= 0.6 is 0 Å². The first kappa shape index (κ1) is 12.7. The summed E-state index contributed by atoms with van der Waals surface area (Å²) < 4.78 is 1.88. The maximum atomic E-state index is 12.5. The molecule has 0 spiro atoms. The molecule has 0 radical (unpaired) electrons. The molecule has 1 aliphatic rings. The molecule has 0 unspecified atom stereocenters. The zero-order valence-corrected chi connectivity index (χ0v) is 11.3. The van der Waals surface area contributed by atoms with Crippen molar-refractivity contribution in [2.75, 3.05) is 5.73 Å². The van der Waals surface area contributed by atoms with Crippen molar-refractivity contribution in [3.63, 3.8) is 0 Å². The number of anilines is 1. The third-order valence-electron chi connectivity index (χ3n) is 3.64. The molecule has 0 bridgehead atoms. The predicted molar refractivity (Wildman–Crippen MR) is 78.8 cm³/mol. The molecule has 3 rings (SSSR count). The molecule has 1 aliphatic carbocycles. The van der Waals surface area contributed by atoms with Gasteiger partial charge in [-0.25, -0.2) is 0 Å². The fraction of sp³-hybridized carbons (Fsp3) is 0.333. The first-order valence-electron chi connectivity index (χ1n) is 6.84. The highest BCUT2D eigenvalue weighted by atomic mass is 16.2. The molecule has 0 aliphatic heterocycles. The van der Waals surface area contributed by atoms with Crippen molar-refractivity contribution in [1.82, 2.24) is 9.88 Å². The number of rotatable bonds is 3. The van der Waals surface area contributed by atoms with Gasteiger partial charge in [0.05, 0.1) is 10.9 Å². The quantitative estimate of drug-likeness (QED) is 0.830. The maximum Gasteiger partial charge on any atom is 0.256 e. The van der Waals surface area contributed by atoms with Crippen LogP contribution in [0.5, 0.6) is 0 Å². The van der Waals surface area contributed by atoms with E-state index in [1.807, 2.05) is 23.6 Å². The SMILES string of the molecule is CCn1cc(C(=O)NC2CC2)c(=O)c2c(N)cccc21. The summed E-state index contributed by atoms with van der Waals surface area (Å²) in [7, 11) is 0. The van der Waals surface area contributed by atoms with Crippen LogP contribution in [0.4, 0.5) is 5.69 Å². The van der Waals surface area contributed by atoms with Gasteiger partial charge in [0, 0.05) is 24.5 Å². The lowest BCUT2D eigenvalue weighted by Gasteiger charge is -2.12. The van der Waals surface area contributed by atoms with E-state index >= 15 is 0 Å². The van der Waals surface area contributed by atoms with Crippen LogP contribution in [0, 0.1) is 0 Å². The number of pyridine rings is 1. The summed E-state index contributed by atoms with van der Waals surface area (Å²) in [6.07, 6.45) is 3.61. The lowest BCUT2D eigenvalue weighted by Crippen LogP contribution is -2.31. The molecule has 2 aromatic rings. The molecular weight excluding hydrogens is 254 g/mol. The Hall–Kier alpha value is -2.30. The summed E-state index contributed by atoms with van der Waals surface area (Å²) in [5, 5.41) is 3.28. The van der Waals surface area contributed by atoms with Gasteiger partial charge < -0.3 is 15.6 Å². The van der Waals surface area contributed by atoms with E-state index in [1.54, 1.807) is 12.3 Å². The highest BCUT2D eigenvalue weighted by Gasteiger charge is 2.25. The van der Waals surface area contributed by atoms with Gasteiger partial charge in [0.1, 0.15) is 5.56 Å². The van der Waals surface area contributed by atoms with E-state index in [-0.39, 0.29) is 22.9 Å². The van der Waals surface area contributed by atoms with Gasteiger partial charge >= 0.3 is 0 Å². The highest BCUT2D eigenvalue weighted by molar-refractivity contribution is 6.00. The zero-order valence-electron chi connectivity index (χ0n) is 11.3. The number of carbonyl (C=O) groups is 1. The first-order valence-corrected chi connectivity index (χ1v) is 6.84. The molecule has 5 nitrogen and oxygen atoms in total. The number of amides is 1. The number of nitrogens with zero attached hydrogens (tertiary/aromatic N) is 1. The van der Waals surface area contributed by atoms with Crippen LogP contribution in [0.2, 0.25) is 0 Å². The highest BCUT2D eigenvalue weighted by Crippen LogP contribution is 2.21. The molecule has 0 saturated heterocycles. The van der Waals surface area contributed by atoms with E-state index in [0.29, 0.717) is 17.6 Å². The molecule has 3 N–H and O–H groups in total. The lowest BCUT2D eigenvalue weighted by molar-refractivity contribution is 0.0949. The van der Waals surface area contributed by atoms with Crippen molar-refractivity contribution in [1.29, 1.82) is 0 Å². The fourth-order valence-electron chi connectivity index (χ4n) is 2.38. The number of nitrogen functional groups attached to an aromatic ring is 1. The first-order chi connectivity index (χ1) is 9.61.